The third-order valence-electron chi connectivity index (χ3n) is 3.24. The summed E-state index contributed by atoms with van der Waals surface area (Å²) in [4.78, 5) is 10.5. The lowest BCUT2D eigenvalue weighted by Gasteiger charge is -2.26. The molecule has 0 saturated carbocycles. The van der Waals surface area contributed by atoms with E-state index in [2.05, 4.69) is 0 Å². The van der Waals surface area contributed by atoms with E-state index in [1.165, 1.54) is 23.5 Å². The van der Waals surface area contributed by atoms with Gasteiger partial charge in [0, 0.05) is 26.8 Å². The standard InChI is InChI=1S/C12H17NO5S/c1-13(8-10-4-6-17-7-5-10)19(15,16)12-3-2-11(9-14)18-12/h2-3,9-10H,4-8H2,1H3. The molecular formula is C12H17NO5S. The average molecular weight is 287 g/mol. The van der Waals surface area contributed by atoms with Gasteiger partial charge in [-0.2, -0.15) is 4.31 Å². The molecule has 0 bridgehead atoms. The molecule has 1 saturated heterocycles. The molecule has 0 aromatic carbocycles. The second-order valence-electron chi connectivity index (χ2n) is 4.62. The number of carbonyl (C=O) groups is 1. The number of ether oxygens (including phenoxy) is 1. The second-order valence-corrected chi connectivity index (χ2v) is 6.59. The molecule has 19 heavy (non-hydrogen) atoms. The van der Waals surface area contributed by atoms with Crippen molar-refractivity contribution in [2.45, 2.75) is 17.9 Å². The molecule has 0 spiro atoms. The van der Waals surface area contributed by atoms with Crippen LogP contribution in [-0.4, -0.2) is 45.8 Å². The van der Waals surface area contributed by atoms with Crippen LogP contribution in [0.4, 0.5) is 0 Å². The van der Waals surface area contributed by atoms with Gasteiger partial charge in [0.2, 0.25) is 5.09 Å². The Morgan fingerprint density at radius 3 is 2.63 bits per heavy atom. The van der Waals surface area contributed by atoms with E-state index in [-0.39, 0.29) is 10.9 Å². The molecule has 0 unspecified atom stereocenters. The zero-order valence-electron chi connectivity index (χ0n) is 10.7. The molecule has 1 aliphatic rings. The van der Waals surface area contributed by atoms with Crippen molar-refractivity contribution in [1.82, 2.24) is 4.31 Å². The average Bonchev–Trinajstić information content (AvgIpc) is 2.89. The van der Waals surface area contributed by atoms with Gasteiger partial charge in [0.05, 0.1) is 0 Å². The Balaban J connectivity index is 2.07. The fourth-order valence-corrected chi connectivity index (χ4v) is 3.24. The fourth-order valence-electron chi connectivity index (χ4n) is 2.08. The summed E-state index contributed by atoms with van der Waals surface area (Å²) in [5, 5.41) is -0.191. The van der Waals surface area contributed by atoms with Gasteiger partial charge < -0.3 is 9.15 Å². The first-order valence-electron chi connectivity index (χ1n) is 6.13. The van der Waals surface area contributed by atoms with Crippen LogP contribution >= 0.6 is 0 Å². The highest BCUT2D eigenvalue weighted by atomic mass is 32.2. The van der Waals surface area contributed by atoms with Gasteiger partial charge in [-0.3, -0.25) is 4.79 Å². The van der Waals surface area contributed by atoms with E-state index in [9.17, 15) is 13.2 Å². The predicted molar refractivity (Wildman–Crippen MR) is 67.5 cm³/mol. The van der Waals surface area contributed by atoms with Crippen molar-refractivity contribution in [3.05, 3.63) is 17.9 Å². The number of carbonyl (C=O) groups excluding carboxylic acids is 1. The van der Waals surface area contributed by atoms with Crippen LogP contribution in [0.2, 0.25) is 0 Å². The maximum atomic E-state index is 12.2. The van der Waals surface area contributed by atoms with Crippen LogP contribution in [0.15, 0.2) is 21.6 Å². The predicted octanol–water partition coefficient (Wildman–Crippen LogP) is 1.14. The number of hydrogen-bond donors (Lipinski definition) is 0. The minimum atomic E-state index is -3.66. The van der Waals surface area contributed by atoms with Crippen LogP contribution in [0.25, 0.3) is 0 Å². The minimum Gasteiger partial charge on any atom is -0.440 e. The van der Waals surface area contributed by atoms with E-state index in [0.717, 1.165) is 12.8 Å². The van der Waals surface area contributed by atoms with E-state index in [0.29, 0.717) is 32.0 Å². The number of sulfonamides is 1. The van der Waals surface area contributed by atoms with Gasteiger partial charge >= 0.3 is 0 Å². The largest absolute Gasteiger partial charge is 0.440 e. The van der Waals surface area contributed by atoms with Crippen LogP contribution in [0.3, 0.4) is 0 Å². The normalized spacial score (nSPS) is 17.8. The van der Waals surface area contributed by atoms with E-state index in [1.807, 2.05) is 0 Å². The zero-order valence-corrected chi connectivity index (χ0v) is 11.6. The minimum absolute atomic E-state index is 0.0121. The van der Waals surface area contributed by atoms with Crippen molar-refractivity contribution in [1.29, 1.82) is 0 Å². The molecule has 2 rings (SSSR count). The monoisotopic (exact) mass is 287 g/mol. The van der Waals surface area contributed by atoms with Crippen molar-refractivity contribution in [3.8, 4) is 0 Å². The summed E-state index contributed by atoms with van der Waals surface area (Å²) in [5.74, 6) is 0.312. The smallest absolute Gasteiger partial charge is 0.276 e. The maximum absolute atomic E-state index is 12.2. The lowest BCUT2D eigenvalue weighted by Crippen LogP contribution is -2.34. The quantitative estimate of drug-likeness (QED) is 0.759. The third kappa shape index (κ3) is 3.23. The zero-order chi connectivity index (χ0) is 13.9. The molecule has 1 aromatic rings. The van der Waals surface area contributed by atoms with Gasteiger partial charge in [-0.05, 0) is 30.9 Å². The molecular weight excluding hydrogens is 270 g/mol. The number of furan rings is 1. The molecule has 6 nitrogen and oxygen atoms in total. The second kappa shape index (κ2) is 5.85. The molecule has 0 aliphatic carbocycles. The van der Waals surface area contributed by atoms with Crippen LogP contribution in [0.5, 0.6) is 0 Å². The Bertz CT molecular complexity index is 530. The molecule has 106 valence electrons. The lowest BCUT2D eigenvalue weighted by molar-refractivity contribution is 0.0619. The number of nitrogens with zero attached hydrogens (tertiary/aromatic N) is 1. The summed E-state index contributed by atoms with van der Waals surface area (Å²) in [6.07, 6.45) is 2.20. The van der Waals surface area contributed by atoms with Gasteiger partial charge in [0.1, 0.15) is 0 Å². The van der Waals surface area contributed by atoms with Gasteiger partial charge in [0.25, 0.3) is 10.0 Å². The first-order valence-corrected chi connectivity index (χ1v) is 7.57. The molecule has 0 radical (unpaired) electrons. The van der Waals surface area contributed by atoms with Crippen molar-refractivity contribution in [2.75, 3.05) is 26.8 Å². The van der Waals surface area contributed by atoms with Crippen LogP contribution in [-0.2, 0) is 14.8 Å². The summed E-state index contributed by atoms with van der Waals surface area (Å²) >= 11 is 0. The Labute approximate surface area is 112 Å². The van der Waals surface area contributed by atoms with E-state index >= 15 is 0 Å². The van der Waals surface area contributed by atoms with Crippen LogP contribution in [0.1, 0.15) is 23.4 Å². The van der Waals surface area contributed by atoms with Crippen molar-refractivity contribution >= 4 is 16.3 Å². The Kier molecular flexibility index (Phi) is 4.38. The van der Waals surface area contributed by atoms with Crippen LogP contribution < -0.4 is 0 Å². The maximum Gasteiger partial charge on any atom is 0.276 e. The molecule has 2 heterocycles. The van der Waals surface area contributed by atoms with Crippen molar-refractivity contribution < 1.29 is 22.4 Å². The molecule has 0 N–H and O–H groups in total. The van der Waals surface area contributed by atoms with Gasteiger partial charge in [-0.15, -0.1) is 0 Å². The molecule has 1 aromatic heterocycles. The van der Waals surface area contributed by atoms with Gasteiger partial charge in [0.15, 0.2) is 12.0 Å². The highest BCUT2D eigenvalue weighted by Gasteiger charge is 2.27. The Morgan fingerprint density at radius 1 is 1.37 bits per heavy atom. The summed E-state index contributed by atoms with van der Waals surface area (Å²) in [5.41, 5.74) is 0. The first-order chi connectivity index (χ1) is 9.04. The van der Waals surface area contributed by atoms with Crippen molar-refractivity contribution in [3.63, 3.8) is 0 Å². The van der Waals surface area contributed by atoms with E-state index in [4.69, 9.17) is 9.15 Å². The Morgan fingerprint density at radius 2 is 2.05 bits per heavy atom. The fraction of sp³-hybridized carbons (Fsp3) is 0.583. The van der Waals surface area contributed by atoms with Gasteiger partial charge in [-0.25, -0.2) is 8.42 Å². The SMILES string of the molecule is CN(CC1CCOCC1)S(=O)(=O)c1ccc(C=O)o1. The Hall–Kier alpha value is -1.18. The van der Waals surface area contributed by atoms with Crippen molar-refractivity contribution in [2.24, 2.45) is 5.92 Å². The topological polar surface area (TPSA) is 76.8 Å². The van der Waals surface area contributed by atoms with Crippen LogP contribution in [0, 0.1) is 5.92 Å². The molecule has 1 fully saturated rings. The van der Waals surface area contributed by atoms with E-state index < -0.39 is 10.0 Å². The molecule has 7 heteroatoms. The summed E-state index contributed by atoms with van der Waals surface area (Å²) < 4.78 is 35.9. The summed E-state index contributed by atoms with van der Waals surface area (Å²) in [7, 11) is -2.14. The highest BCUT2D eigenvalue weighted by molar-refractivity contribution is 7.89. The molecule has 0 amide bonds. The summed E-state index contributed by atoms with van der Waals surface area (Å²) in [6.45, 7) is 1.78. The van der Waals surface area contributed by atoms with Gasteiger partial charge in [-0.1, -0.05) is 0 Å². The lowest BCUT2D eigenvalue weighted by atomic mass is 10.0. The third-order valence-corrected chi connectivity index (χ3v) is 4.94. The van der Waals surface area contributed by atoms with E-state index in [1.54, 1.807) is 0 Å². The molecule has 0 atom stereocenters. The highest BCUT2D eigenvalue weighted by Crippen LogP contribution is 2.21. The number of aldehydes is 1. The summed E-state index contributed by atoms with van der Waals surface area (Å²) in [6, 6.07) is 2.65. The molecule has 1 aliphatic heterocycles. The number of hydrogen-bond acceptors (Lipinski definition) is 5. The first kappa shape index (κ1) is 14.2. The number of rotatable bonds is 5.